The van der Waals surface area contributed by atoms with Crippen molar-refractivity contribution in [3.63, 3.8) is 0 Å². The van der Waals surface area contributed by atoms with Crippen LogP contribution in [0.1, 0.15) is 63.6 Å². The maximum absolute atomic E-state index is 13.2. The number of nitrogens with zero attached hydrogens (tertiary/aromatic N) is 3. The van der Waals surface area contributed by atoms with Gasteiger partial charge in [0.05, 0.1) is 16.3 Å². The van der Waals surface area contributed by atoms with Gasteiger partial charge in [-0.2, -0.15) is 5.10 Å². The molecule has 1 aromatic carbocycles. The van der Waals surface area contributed by atoms with Crippen molar-refractivity contribution in [3.05, 3.63) is 52.7 Å². The van der Waals surface area contributed by atoms with E-state index in [0.29, 0.717) is 16.8 Å². The van der Waals surface area contributed by atoms with Gasteiger partial charge in [0.1, 0.15) is 4.32 Å². The van der Waals surface area contributed by atoms with Crippen molar-refractivity contribution in [2.45, 2.75) is 57.8 Å². The molecule has 4 aliphatic carbocycles. The fourth-order valence-electron chi connectivity index (χ4n) is 7.18. The van der Waals surface area contributed by atoms with E-state index in [0.717, 1.165) is 33.9 Å². The molecule has 1 aromatic heterocycles. The third kappa shape index (κ3) is 3.79. The molecule has 7 rings (SSSR count). The number of thiocarbonyl (C=S) groups is 1. The predicted molar refractivity (Wildman–Crippen MR) is 138 cm³/mol. The Labute approximate surface area is 205 Å². The van der Waals surface area contributed by atoms with Crippen LogP contribution in [0.5, 0.6) is 0 Å². The zero-order valence-electron chi connectivity index (χ0n) is 19.4. The minimum absolute atomic E-state index is 0.0441. The Balaban J connectivity index is 1.43. The Morgan fingerprint density at radius 3 is 2.36 bits per heavy atom. The highest BCUT2D eigenvalue weighted by Gasteiger charge is 2.53. The molecule has 6 heteroatoms. The molecule has 4 bridgehead atoms. The van der Waals surface area contributed by atoms with E-state index in [1.165, 1.54) is 56.0 Å². The van der Waals surface area contributed by atoms with Gasteiger partial charge < -0.3 is 0 Å². The summed E-state index contributed by atoms with van der Waals surface area (Å²) in [5, 5.41) is 5.23. The minimum Gasteiger partial charge on any atom is -0.293 e. The van der Waals surface area contributed by atoms with Gasteiger partial charge in [0.15, 0.2) is 0 Å². The van der Waals surface area contributed by atoms with Crippen LogP contribution in [0.4, 0.5) is 0 Å². The van der Waals surface area contributed by atoms with Crippen molar-refractivity contribution in [1.82, 2.24) is 14.7 Å². The summed E-state index contributed by atoms with van der Waals surface area (Å²) in [6, 6.07) is 10.3. The van der Waals surface area contributed by atoms with Crippen LogP contribution in [0, 0.1) is 23.7 Å². The third-order valence-electron chi connectivity index (χ3n) is 8.01. The van der Waals surface area contributed by atoms with Crippen LogP contribution in [-0.2, 0) is 10.2 Å². The Morgan fingerprint density at radius 1 is 1.12 bits per heavy atom. The van der Waals surface area contributed by atoms with Crippen molar-refractivity contribution >= 4 is 40.3 Å². The minimum atomic E-state index is 0.0441. The SMILES string of the molecule is CC(C)CN1C(=O)/C(=C/c2cn(-c3ccccc3)nc2C23CC4CC(CC(C4)C2)C3)SC1=S. The normalized spacial score (nSPS) is 32.0. The molecule has 2 aromatic rings. The molecule has 1 amide bonds. The standard InChI is InChI=1S/C27H31N3OS2/c1-17(2)15-29-25(31)23(33-26(29)32)11-21-16-30(22-6-4-3-5-7-22)28-24(21)27-12-18-8-19(13-27)10-20(9-18)14-27/h3-7,11,16-20H,8-10,12-15H2,1-2H3/b23-11-. The van der Waals surface area contributed by atoms with Crippen LogP contribution in [0.2, 0.25) is 0 Å². The van der Waals surface area contributed by atoms with Crippen LogP contribution in [0.25, 0.3) is 11.8 Å². The summed E-state index contributed by atoms with van der Waals surface area (Å²) in [4.78, 5) is 15.7. The predicted octanol–water partition coefficient (Wildman–Crippen LogP) is 6.20. The summed E-state index contributed by atoms with van der Waals surface area (Å²) in [7, 11) is 0. The highest BCUT2D eigenvalue weighted by Crippen LogP contribution is 2.61. The van der Waals surface area contributed by atoms with Crippen molar-refractivity contribution in [2.24, 2.45) is 23.7 Å². The first-order valence-corrected chi connectivity index (χ1v) is 13.5. The Bertz CT molecular complexity index is 1100. The molecule has 0 spiro atoms. The van der Waals surface area contributed by atoms with Gasteiger partial charge in [-0.05, 0) is 80.4 Å². The third-order valence-corrected chi connectivity index (χ3v) is 9.39. The van der Waals surface area contributed by atoms with Gasteiger partial charge in [0, 0.05) is 23.7 Å². The molecule has 172 valence electrons. The molecular formula is C27H31N3OS2. The van der Waals surface area contributed by atoms with Crippen molar-refractivity contribution < 1.29 is 4.79 Å². The monoisotopic (exact) mass is 477 g/mol. The Kier molecular flexibility index (Phi) is 5.29. The maximum Gasteiger partial charge on any atom is 0.266 e. The number of carbonyl (C=O) groups excluding carboxylic acids is 1. The first-order chi connectivity index (χ1) is 15.9. The number of hydrogen-bond acceptors (Lipinski definition) is 4. The number of thioether (sulfide) groups is 1. The number of aromatic nitrogens is 2. The van der Waals surface area contributed by atoms with E-state index < -0.39 is 0 Å². The second-order valence-electron chi connectivity index (χ2n) is 11.1. The van der Waals surface area contributed by atoms with Crippen molar-refractivity contribution in [3.8, 4) is 5.69 Å². The van der Waals surface area contributed by atoms with Crippen LogP contribution in [0.3, 0.4) is 0 Å². The number of para-hydroxylation sites is 1. The molecule has 33 heavy (non-hydrogen) atoms. The van der Waals surface area contributed by atoms with E-state index in [2.05, 4.69) is 50.4 Å². The smallest absolute Gasteiger partial charge is 0.266 e. The molecule has 0 atom stereocenters. The van der Waals surface area contributed by atoms with Crippen molar-refractivity contribution in [1.29, 1.82) is 0 Å². The second-order valence-corrected chi connectivity index (χ2v) is 12.8. The maximum atomic E-state index is 13.2. The van der Waals surface area contributed by atoms with Crippen LogP contribution in [-0.4, -0.2) is 31.5 Å². The fourth-order valence-corrected chi connectivity index (χ4v) is 8.45. The number of hydrogen-bond donors (Lipinski definition) is 0. The average molecular weight is 478 g/mol. The van der Waals surface area contributed by atoms with E-state index >= 15 is 0 Å². The molecule has 0 radical (unpaired) electrons. The largest absolute Gasteiger partial charge is 0.293 e. The first kappa shape index (κ1) is 21.6. The molecular weight excluding hydrogens is 446 g/mol. The van der Waals surface area contributed by atoms with E-state index in [1.807, 2.05) is 10.7 Å². The lowest BCUT2D eigenvalue weighted by Gasteiger charge is -2.56. The summed E-state index contributed by atoms with van der Waals surface area (Å²) in [5.74, 6) is 2.96. The van der Waals surface area contributed by atoms with Gasteiger partial charge in [-0.3, -0.25) is 9.69 Å². The lowest BCUT2D eigenvalue weighted by atomic mass is 9.48. The Morgan fingerprint density at radius 2 is 1.76 bits per heavy atom. The van der Waals surface area contributed by atoms with Crippen LogP contribution in [0.15, 0.2) is 41.4 Å². The molecule has 0 N–H and O–H groups in total. The Hall–Kier alpha value is -1.92. The molecule has 2 heterocycles. The average Bonchev–Trinajstić information content (AvgIpc) is 3.31. The molecule has 4 saturated carbocycles. The van der Waals surface area contributed by atoms with E-state index in [4.69, 9.17) is 17.3 Å². The fraction of sp³-hybridized carbons (Fsp3) is 0.519. The quantitative estimate of drug-likeness (QED) is 0.380. The van der Waals surface area contributed by atoms with Crippen LogP contribution < -0.4 is 0 Å². The summed E-state index contributed by atoms with van der Waals surface area (Å²) < 4.78 is 2.70. The summed E-state index contributed by atoms with van der Waals surface area (Å²) in [6.45, 7) is 4.92. The topological polar surface area (TPSA) is 38.1 Å². The second kappa shape index (κ2) is 8.09. The molecule has 1 aliphatic heterocycles. The van der Waals surface area contributed by atoms with E-state index in [-0.39, 0.29) is 11.3 Å². The molecule has 5 aliphatic rings. The number of carbonyl (C=O) groups is 1. The lowest BCUT2D eigenvalue weighted by molar-refractivity contribution is -0.122. The molecule has 4 nitrogen and oxygen atoms in total. The van der Waals surface area contributed by atoms with Crippen LogP contribution >= 0.6 is 24.0 Å². The van der Waals surface area contributed by atoms with Gasteiger partial charge in [-0.15, -0.1) is 0 Å². The summed E-state index contributed by atoms with van der Waals surface area (Å²) >= 11 is 7.01. The number of rotatable bonds is 5. The summed E-state index contributed by atoms with van der Waals surface area (Å²) in [6.07, 6.45) is 12.2. The summed E-state index contributed by atoms with van der Waals surface area (Å²) in [5.41, 5.74) is 3.53. The lowest BCUT2D eigenvalue weighted by Crippen LogP contribution is -2.49. The zero-order valence-corrected chi connectivity index (χ0v) is 21.0. The molecule has 0 unspecified atom stereocenters. The van der Waals surface area contributed by atoms with Gasteiger partial charge in [0.2, 0.25) is 0 Å². The number of benzene rings is 1. The number of amides is 1. The molecule has 1 saturated heterocycles. The van der Waals surface area contributed by atoms with Gasteiger partial charge >= 0.3 is 0 Å². The van der Waals surface area contributed by atoms with E-state index in [9.17, 15) is 4.79 Å². The zero-order chi connectivity index (χ0) is 22.7. The van der Waals surface area contributed by atoms with Gasteiger partial charge in [-0.1, -0.05) is 56.0 Å². The molecule has 5 fully saturated rings. The highest BCUT2D eigenvalue weighted by atomic mass is 32.2. The van der Waals surface area contributed by atoms with Gasteiger partial charge in [-0.25, -0.2) is 4.68 Å². The van der Waals surface area contributed by atoms with E-state index in [1.54, 1.807) is 4.90 Å². The van der Waals surface area contributed by atoms with Gasteiger partial charge in [0.25, 0.3) is 5.91 Å². The van der Waals surface area contributed by atoms with Crippen molar-refractivity contribution in [2.75, 3.05) is 6.54 Å². The first-order valence-electron chi connectivity index (χ1n) is 12.3. The highest BCUT2D eigenvalue weighted by molar-refractivity contribution is 8.26.